The van der Waals surface area contributed by atoms with Gasteiger partial charge in [0.1, 0.15) is 0 Å². The summed E-state index contributed by atoms with van der Waals surface area (Å²) in [5.74, 6) is 2.63. The third-order valence-electron chi connectivity index (χ3n) is 2.43. The van der Waals surface area contributed by atoms with Crippen LogP contribution in [0.25, 0.3) is 0 Å². The van der Waals surface area contributed by atoms with Crippen LogP contribution in [0.5, 0.6) is 0 Å². The third-order valence-corrected chi connectivity index (χ3v) is 6.05. The lowest BCUT2D eigenvalue weighted by molar-refractivity contribution is 1.10. The minimum atomic E-state index is -0.568. The lowest BCUT2D eigenvalue weighted by atomic mass is 10.3. The first-order valence-electron chi connectivity index (χ1n) is 5.04. The summed E-state index contributed by atoms with van der Waals surface area (Å²) in [4.78, 5) is 0. The predicted octanol–water partition coefficient (Wildman–Crippen LogP) is 4.21. The van der Waals surface area contributed by atoms with E-state index in [9.17, 15) is 0 Å². The van der Waals surface area contributed by atoms with Crippen molar-refractivity contribution in [3.63, 3.8) is 0 Å². The van der Waals surface area contributed by atoms with Gasteiger partial charge < -0.3 is 0 Å². The molecule has 0 saturated carbocycles. The Labute approximate surface area is 83.7 Å². The fraction of sp³-hybridized carbons (Fsp3) is 0.500. The highest BCUT2D eigenvalue weighted by molar-refractivity contribution is 8.38. The molecule has 0 aromatic rings. The molecule has 0 spiro atoms. The fourth-order valence-corrected chi connectivity index (χ4v) is 4.22. The third kappa shape index (κ3) is 2.77. The molecular weight excluding hydrogens is 176 g/mol. The summed E-state index contributed by atoms with van der Waals surface area (Å²) < 4.78 is 0. The van der Waals surface area contributed by atoms with E-state index in [0.717, 1.165) is 0 Å². The largest absolute Gasteiger partial charge is 0.201 e. The molecule has 1 rings (SSSR count). The highest BCUT2D eigenvalue weighted by atomic mass is 32.3. The van der Waals surface area contributed by atoms with Crippen LogP contribution in [0.3, 0.4) is 0 Å². The smallest absolute Gasteiger partial charge is 0.0161 e. The van der Waals surface area contributed by atoms with Crippen LogP contribution in [-0.4, -0.2) is 11.5 Å². The van der Waals surface area contributed by atoms with Crippen molar-refractivity contribution >= 4 is 10.0 Å². The van der Waals surface area contributed by atoms with E-state index in [0.29, 0.717) is 0 Å². The summed E-state index contributed by atoms with van der Waals surface area (Å²) in [7, 11) is -0.568. The minimum Gasteiger partial charge on any atom is -0.201 e. The molecule has 0 amide bonds. The van der Waals surface area contributed by atoms with E-state index in [2.05, 4.69) is 49.8 Å². The fourth-order valence-electron chi connectivity index (χ4n) is 1.54. The van der Waals surface area contributed by atoms with Crippen LogP contribution < -0.4 is 0 Å². The van der Waals surface area contributed by atoms with Gasteiger partial charge in [-0.3, -0.25) is 0 Å². The van der Waals surface area contributed by atoms with Crippen LogP contribution in [0.15, 0.2) is 34.6 Å². The van der Waals surface area contributed by atoms with Gasteiger partial charge in [0.2, 0.25) is 0 Å². The summed E-state index contributed by atoms with van der Waals surface area (Å²) in [5.41, 5.74) is 1.37. The zero-order chi connectivity index (χ0) is 9.73. The van der Waals surface area contributed by atoms with Crippen molar-refractivity contribution in [1.82, 2.24) is 0 Å². The van der Waals surface area contributed by atoms with Gasteiger partial charge in [0.25, 0.3) is 0 Å². The van der Waals surface area contributed by atoms with E-state index >= 15 is 0 Å². The first-order chi connectivity index (χ1) is 6.22. The first-order valence-corrected chi connectivity index (χ1v) is 7.14. The number of hydrogen-bond acceptors (Lipinski definition) is 0. The van der Waals surface area contributed by atoms with E-state index in [1.165, 1.54) is 23.5 Å². The van der Waals surface area contributed by atoms with E-state index in [1.807, 2.05) is 0 Å². The maximum Gasteiger partial charge on any atom is -0.0161 e. The van der Waals surface area contributed by atoms with Crippen molar-refractivity contribution < 1.29 is 0 Å². The van der Waals surface area contributed by atoms with Crippen LogP contribution in [0.4, 0.5) is 0 Å². The molecule has 0 nitrogen and oxygen atoms in total. The maximum atomic E-state index is 2.45. The Morgan fingerprint density at radius 1 is 1.23 bits per heavy atom. The quantitative estimate of drug-likeness (QED) is 0.634. The molecule has 1 atom stereocenters. The van der Waals surface area contributed by atoms with Crippen molar-refractivity contribution in [2.24, 2.45) is 0 Å². The molecule has 0 aromatic heterocycles. The SMILES string of the molecule is CCCS1(CC)C=CC=C(C)C=C1. The molecule has 0 N–H and O–H groups in total. The summed E-state index contributed by atoms with van der Waals surface area (Å²) in [5, 5.41) is 4.88. The van der Waals surface area contributed by atoms with Crippen LogP contribution in [0.1, 0.15) is 27.2 Å². The Balaban J connectivity index is 2.84. The second-order valence-corrected chi connectivity index (χ2v) is 7.09. The van der Waals surface area contributed by atoms with Gasteiger partial charge in [-0.1, -0.05) is 37.6 Å². The topological polar surface area (TPSA) is 0 Å². The van der Waals surface area contributed by atoms with Gasteiger partial charge in [-0.2, -0.15) is 0 Å². The number of hydrogen-bond donors (Lipinski definition) is 0. The second kappa shape index (κ2) is 4.71. The molecule has 1 heterocycles. The Kier molecular flexibility index (Phi) is 3.86. The maximum absolute atomic E-state index is 2.45. The Morgan fingerprint density at radius 3 is 2.62 bits per heavy atom. The van der Waals surface area contributed by atoms with Gasteiger partial charge >= 0.3 is 0 Å². The molecule has 0 bridgehead atoms. The van der Waals surface area contributed by atoms with Crippen LogP contribution in [-0.2, 0) is 0 Å². The van der Waals surface area contributed by atoms with Gasteiger partial charge in [0, 0.05) is 0 Å². The van der Waals surface area contributed by atoms with E-state index in [1.54, 1.807) is 0 Å². The van der Waals surface area contributed by atoms with Crippen molar-refractivity contribution in [2.75, 3.05) is 11.5 Å². The van der Waals surface area contributed by atoms with Gasteiger partial charge in [-0.25, -0.2) is 10.0 Å². The lowest BCUT2D eigenvalue weighted by Crippen LogP contribution is -2.00. The van der Waals surface area contributed by atoms with Crippen molar-refractivity contribution in [1.29, 1.82) is 0 Å². The molecule has 0 fully saturated rings. The van der Waals surface area contributed by atoms with E-state index in [4.69, 9.17) is 0 Å². The zero-order valence-electron chi connectivity index (χ0n) is 8.92. The minimum absolute atomic E-state index is 0.568. The van der Waals surface area contributed by atoms with E-state index < -0.39 is 10.0 Å². The predicted molar refractivity (Wildman–Crippen MR) is 65.3 cm³/mol. The monoisotopic (exact) mass is 196 g/mol. The Hall–Kier alpha value is -0.430. The molecule has 1 heteroatoms. The molecule has 74 valence electrons. The molecule has 0 aromatic carbocycles. The van der Waals surface area contributed by atoms with Gasteiger partial charge in [-0.05, 0) is 35.7 Å². The summed E-state index contributed by atoms with van der Waals surface area (Å²) in [6.07, 6.45) is 8.02. The second-order valence-electron chi connectivity index (χ2n) is 3.54. The zero-order valence-corrected chi connectivity index (χ0v) is 9.73. The van der Waals surface area contributed by atoms with Crippen molar-refractivity contribution in [3.05, 3.63) is 34.6 Å². The molecule has 0 radical (unpaired) electrons. The summed E-state index contributed by atoms with van der Waals surface area (Å²) in [6, 6.07) is 0. The standard InChI is InChI=1S/C12H20S/c1-4-9-13(5-2)10-6-7-12(3)8-11-13/h6-8,10-11H,4-5,9H2,1-3H3. The molecule has 1 aliphatic heterocycles. The van der Waals surface area contributed by atoms with E-state index in [-0.39, 0.29) is 0 Å². The molecule has 0 saturated heterocycles. The van der Waals surface area contributed by atoms with Crippen LogP contribution in [0.2, 0.25) is 0 Å². The normalized spacial score (nSPS) is 32.1. The molecular formula is C12H20S. The van der Waals surface area contributed by atoms with Crippen molar-refractivity contribution in [3.8, 4) is 0 Å². The Bertz CT molecular complexity index is 248. The Morgan fingerprint density at radius 2 is 2.00 bits per heavy atom. The molecule has 0 aliphatic carbocycles. The molecule has 1 unspecified atom stereocenters. The summed E-state index contributed by atoms with van der Waals surface area (Å²) >= 11 is 0. The van der Waals surface area contributed by atoms with Gasteiger partial charge in [0.05, 0.1) is 0 Å². The van der Waals surface area contributed by atoms with Crippen LogP contribution in [0, 0.1) is 0 Å². The van der Waals surface area contributed by atoms with Crippen molar-refractivity contribution in [2.45, 2.75) is 27.2 Å². The molecule has 1 aliphatic rings. The molecule has 13 heavy (non-hydrogen) atoms. The first kappa shape index (κ1) is 10.6. The van der Waals surface area contributed by atoms with Crippen LogP contribution >= 0.6 is 10.0 Å². The summed E-state index contributed by atoms with van der Waals surface area (Å²) in [6.45, 7) is 6.75. The lowest BCUT2D eigenvalue weighted by Gasteiger charge is -2.31. The number of allylic oxidation sites excluding steroid dienone is 4. The van der Waals surface area contributed by atoms with Gasteiger partial charge in [0.15, 0.2) is 0 Å². The average molecular weight is 196 g/mol. The van der Waals surface area contributed by atoms with Gasteiger partial charge in [-0.15, -0.1) is 0 Å². The highest BCUT2D eigenvalue weighted by Crippen LogP contribution is 2.52. The number of rotatable bonds is 3. The highest BCUT2D eigenvalue weighted by Gasteiger charge is 2.14. The average Bonchev–Trinajstić information content (AvgIpc) is 2.30.